The number of fused-ring (bicyclic) bond motifs is 2. The van der Waals surface area contributed by atoms with E-state index in [1.165, 1.54) is 36.0 Å². The Bertz CT molecular complexity index is 1040. The van der Waals surface area contributed by atoms with E-state index in [1.807, 2.05) is 6.07 Å². The molecule has 4 heteroatoms. The summed E-state index contributed by atoms with van der Waals surface area (Å²) in [5.41, 5.74) is 4.39. The number of phenolic OH excluding ortho intramolecular Hbond substituents is 1. The minimum atomic E-state index is 0.0207. The molecule has 1 N–H and O–H groups in total. The number of piperidine rings is 1. The number of hydrogen-bond donors (Lipinski definition) is 1. The van der Waals surface area contributed by atoms with Crippen LogP contribution in [0.2, 0.25) is 0 Å². The van der Waals surface area contributed by atoms with E-state index in [1.54, 1.807) is 0 Å². The molecule has 6 atom stereocenters. The molecule has 31 heavy (non-hydrogen) atoms. The monoisotopic (exact) mass is 417 g/mol. The van der Waals surface area contributed by atoms with E-state index < -0.39 is 0 Å². The second-order valence-corrected chi connectivity index (χ2v) is 10.8. The maximum absolute atomic E-state index is 10.7. The van der Waals surface area contributed by atoms with E-state index in [2.05, 4.69) is 48.3 Å². The summed E-state index contributed by atoms with van der Waals surface area (Å²) >= 11 is 0. The minimum absolute atomic E-state index is 0.0207. The first-order chi connectivity index (χ1) is 15.1. The van der Waals surface area contributed by atoms with Crippen LogP contribution in [0, 0.1) is 11.3 Å². The predicted octanol–water partition coefficient (Wildman–Crippen LogP) is 4.08. The molecule has 3 fully saturated rings. The van der Waals surface area contributed by atoms with Gasteiger partial charge >= 0.3 is 0 Å². The number of aryl methyl sites for hydroxylation is 1. The minimum Gasteiger partial charge on any atom is -0.504 e. The molecule has 3 heterocycles. The number of nitrogens with zero attached hydrogens (tertiary/aromatic N) is 1. The highest BCUT2D eigenvalue weighted by Crippen LogP contribution is 2.69. The molecule has 4 unspecified atom stereocenters. The molecular weight excluding hydrogens is 386 g/mol. The van der Waals surface area contributed by atoms with Crippen LogP contribution in [0.5, 0.6) is 11.5 Å². The third kappa shape index (κ3) is 2.28. The number of aromatic hydroxyl groups is 1. The standard InChI is InChI=1S/C27H31NO3/c1-28-13-12-27-19-15-26(11-5-8-17-6-3-2-4-7-17)16-30-24(26)25(27)31-23-21(29)10-9-18(22(23)27)14-20(19)28/h2-4,6-7,9-10,19-20,24-25,29H,5,8,11-16H2,1H3/t19?,20?,24-,25?,26-,27?/m1/s1. The summed E-state index contributed by atoms with van der Waals surface area (Å²) in [5, 5.41) is 10.7. The smallest absolute Gasteiger partial charge is 0.165 e. The van der Waals surface area contributed by atoms with Gasteiger partial charge in [0.05, 0.1) is 6.61 Å². The van der Waals surface area contributed by atoms with E-state index in [9.17, 15) is 5.11 Å². The zero-order valence-corrected chi connectivity index (χ0v) is 18.2. The van der Waals surface area contributed by atoms with Gasteiger partial charge in [0.2, 0.25) is 0 Å². The van der Waals surface area contributed by atoms with Crippen molar-refractivity contribution in [2.75, 3.05) is 20.2 Å². The van der Waals surface area contributed by atoms with E-state index >= 15 is 0 Å². The lowest BCUT2D eigenvalue weighted by Gasteiger charge is -2.66. The van der Waals surface area contributed by atoms with Crippen LogP contribution in [0.25, 0.3) is 0 Å². The fourth-order valence-electron chi connectivity index (χ4n) is 8.03. The van der Waals surface area contributed by atoms with Crippen molar-refractivity contribution in [1.29, 1.82) is 0 Å². The van der Waals surface area contributed by atoms with Gasteiger partial charge in [0, 0.05) is 22.4 Å². The van der Waals surface area contributed by atoms with Crippen molar-refractivity contribution in [3.05, 3.63) is 59.2 Å². The van der Waals surface area contributed by atoms with Crippen LogP contribution in [0.1, 0.15) is 42.4 Å². The average Bonchev–Trinajstić information content (AvgIpc) is 3.10. The maximum Gasteiger partial charge on any atom is 0.165 e. The van der Waals surface area contributed by atoms with Crippen LogP contribution < -0.4 is 4.74 Å². The number of phenols is 1. The third-order valence-corrected chi connectivity index (χ3v) is 9.48. The molecule has 0 aromatic heterocycles. The fraction of sp³-hybridized carbons (Fsp3) is 0.556. The topological polar surface area (TPSA) is 41.9 Å². The molecule has 2 aliphatic carbocycles. The Morgan fingerprint density at radius 3 is 2.81 bits per heavy atom. The highest BCUT2D eigenvalue weighted by Gasteiger charge is 2.72. The summed E-state index contributed by atoms with van der Waals surface area (Å²) < 4.78 is 13.0. The first-order valence-electron chi connectivity index (χ1n) is 12.0. The van der Waals surface area contributed by atoms with Crippen molar-refractivity contribution >= 4 is 0 Å². The summed E-state index contributed by atoms with van der Waals surface area (Å²) in [7, 11) is 2.31. The van der Waals surface area contributed by atoms with E-state index in [4.69, 9.17) is 9.47 Å². The lowest BCUT2D eigenvalue weighted by atomic mass is 9.45. The molecule has 7 rings (SSSR count). The molecule has 4 nitrogen and oxygen atoms in total. The van der Waals surface area contributed by atoms with Gasteiger partial charge in [0.1, 0.15) is 12.2 Å². The summed E-state index contributed by atoms with van der Waals surface area (Å²) in [6.45, 7) is 1.97. The maximum atomic E-state index is 10.7. The SMILES string of the molecule is CN1CCC23c4c5ccc(O)c4OC2[C@H]2OC[C@@]2(CCCc2ccccc2)CC3C1C5. The quantitative estimate of drug-likeness (QED) is 0.814. The van der Waals surface area contributed by atoms with Crippen molar-refractivity contribution in [3.63, 3.8) is 0 Å². The van der Waals surface area contributed by atoms with Gasteiger partial charge in [-0.25, -0.2) is 0 Å². The Hall–Kier alpha value is -2.04. The normalized spacial score (nSPS) is 39.3. The van der Waals surface area contributed by atoms with Crippen LogP contribution >= 0.6 is 0 Å². The van der Waals surface area contributed by atoms with E-state index in [0.29, 0.717) is 17.7 Å². The number of likely N-dealkylation sites (N-methyl/N-ethyl adjacent to an activating group) is 1. The van der Waals surface area contributed by atoms with E-state index in [-0.39, 0.29) is 23.0 Å². The van der Waals surface area contributed by atoms with Gasteiger partial charge in [-0.05, 0) is 75.2 Å². The van der Waals surface area contributed by atoms with Gasteiger partial charge in [0.25, 0.3) is 0 Å². The molecule has 1 saturated carbocycles. The van der Waals surface area contributed by atoms with Gasteiger partial charge in [-0.15, -0.1) is 0 Å². The summed E-state index contributed by atoms with van der Waals surface area (Å²) in [5.74, 6) is 1.67. The fourth-order valence-corrected chi connectivity index (χ4v) is 8.03. The molecule has 3 aliphatic heterocycles. The Kier molecular flexibility index (Phi) is 3.74. The van der Waals surface area contributed by atoms with Crippen LogP contribution in [0.15, 0.2) is 42.5 Å². The predicted molar refractivity (Wildman–Crippen MR) is 119 cm³/mol. The average molecular weight is 418 g/mol. The molecule has 0 amide bonds. The largest absolute Gasteiger partial charge is 0.504 e. The zero-order valence-electron chi connectivity index (χ0n) is 18.2. The number of likely N-dealkylation sites (tertiary alicyclic amines) is 1. The Morgan fingerprint density at radius 1 is 1.13 bits per heavy atom. The van der Waals surface area contributed by atoms with Gasteiger partial charge in [0.15, 0.2) is 11.5 Å². The van der Waals surface area contributed by atoms with Gasteiger partial charge in [-0.3, -0.25) is 0 Å². The Labute approximate surface area is 184 Å². The Morgan fingerprint density at radius 2 is 2.00 bits per heavy atom. The first kappa shape index (κ1) is 18.5. The highest BCUT2D eigenvalue weighted by atomic mass is 16.6. The van der Waals surface area contributed by atoms with Gasteiger partial charge < -0.3 is 19.5 Å². The second kappa shape index (κ2) is 6.26. The number of hydrogen-bond acceptors (Lipinski definition) is 4. The van der Waals surface area contributed by atoms with E-state index in [0.717, 1.165) is 38.2 Å². The van der Waals surface area contributed by atoms with Crippen molar-refractivity contribution in [2.45, 2.75) is 62.2 Å². The van der Waals surface area contributed by atoms with Crippen LogP contribution in [-0.4, -0.2) is 48.5 Å². The van der Waals surface area contributed by atoms with Crippen molar-refractivity contribution < 1.29 is 14.6 Å². The molecule has 5 aliphatic rings. The summed E-state index contributed by atoms with van der Waals surface area (Å²) in [6.07, 6.45) is 7.15. The zero-order chi connectivity index (χ0) is 20.8. The molecule has 0 radical (unpaired) electrons. The van der Waals surface area contributed by atoms with Crippen LogP contribution in [0.4, 0.5) is 0 Å². The van der Waals surface area contributed by atoms with Gasteiger partial charge in [-0.1, -0.05) is 36.4 Å². The lowest BCUT2D eigenvalue weighted by Crippen LogP contribution is -2.74. The van der Waals surface area contributed by atoms with Crippen molar-refractivity contribution in [1.82, 2.24) is 4.90 Å². The molecule has 1 spiro atoms. The number of rotatable bonds is 4. The van der Waals surface area contributed by atoms with Crippen LogP contribution in [-0.2, 0) is 23.0 Å². The molecule has 2 saturated heterocycles. The number of ether oxygens (including phenoxy) is 2. The number of benzene rings is 2. The summed E-state index contributed by atoms with van der Waals surface area (Å²) in [4.78, 5) is 2.60. The molecular formula is C27H31NO3. The van der Waals surface area contributed by atoms with Gasteiger partial charge in [-0.2, -0.15) is 0 Å². The molecule has 162 valence electrons. The third-order valence-electron chi connectivity index (χ3n) is 9.48. The van der Waals surface area contributed by atoms with Crippen molar-refractivity contribution in [3.8, 4) is 11.5 Å². The second-order valence-electron chi connectivity index (χ2n) is 10.8. The molecule has 2 aromatic rings. The highest BCUT2D eigenvalue weighted by molar-refractivity contribution is 5.61. The molecule has 2 bridgehead atoms. The first-order valence-corrected chi connectivity index (χ1v) is 12.0. The molecule has 2 aromatic carbocycles. The van der Waals surface area contributed by atoms with Crippen LogP contribution in [0.3, 0.4) is 0 Å². The van der Waals surface area contributed by atoms with Crippen molar-refractivity contribution in [2.24, 2.45) is 11.3 Å². The lowest BCUT2D eigenvalue weighted by molar-refractivity contribution is -0.279. The Balaban J connectivity index is 1.26. The summed E-state index contributed by atoms with van der Waals surface area (Å²) in [6, 6.07) is 15.4.